The second kappa shape index (κ2) is 9.93. The molecule has 1 fully saturated rings. The van der Waals surface area contributed by atoms with E-state index < -0.39 is 0 Å². The molecule has 182 valence electrons. The highest BCUT2D eigenvalue weighted by molar-refractivity contribution is 5.85. The van der Waals surface area contributed by atoms with Gasteiger partial charge in [0, 0.05) is 50.8 Å². The zero-order valence-corrected chi connectivity index (χ0v) is 20.5. The number of fused-ring (bicyclic) bond motifs is 1. The van der Waals surface area contributed by atoms with Crippen molar-refractivity contribution in [1.29, 1.82) is 0 Å². The van der Waals surface area contributed by atoms with Gasteiger partial charge in [0.05, 0.1) is 36.5 Å². The molecule has 35 heavy (non-hydrogen) atoms. The predicted octanol–water partition coefficient (Wildman–Crippen LogP) is 3.54. The van der Waals surface area contributed by atoms with E-state index in [-0.39, 0.29) is 6.10 Å². The lowest BCUT2D eigenvalue weighted by Gasteiger charge is -2.39. The zero-order valence-electron chi connectivity index (χ0n) is 20.5. The molecule has 0 aliphatic carbocycles. The highest BCUT2D eigenvalue weighted by Gasteiger charge is 2.31. The van der Waals surface area contributed by atoms with Crippen LogP contribution in [-0.4, -0.2) is 69.5 Å². The summed E-state index contributed by atoms with van der Waals surface area (Å²) < 4.78 is 12.7. The lowest BCUT2D eigenvalue weighted by molar-refractivity contribution is 0.00376. The Hall–Kier alpha value is -3.63. The van der Waals surface area contributed by atoms with E-state index in [0.29, 0.717) is 30.8 Å². The van der Waals surface area contributed by atoms with Gasteiger partial charge in [-0.05, 0) is 35.7 Å². The first-order valence-electron chi connectivity index (χ1n) is 11.8. The molecule has 10 nitrogen and oxygen atoms in total. The summed E-state index contributed by atoms with van der Waals surface area (Å²) in [6, 6.07) is 7.91. The number of pyridine rings is 2. The fraction of sp³-hybridized carbons (Fsp3) is 0.400. The molecule has 0 unspecified atom stereocenters. The van der Waals surface area contributed by atoms with E-state index in [1.54, 1.807) is 13.3 Å². The molecule has 1 aliphatic rings. The van der Waals surface area contributed by atoms with Crippen molar-refractivity contribution in [3.05, 3.63) is 48.4 Å². The summed E-state index contributed by atoms with van der Waals surface area (Å²) >= 11 is 0. The Labute approximate surface area is 204 Å². The van der Waals surface area contributed by atoms with Gasteiger partial charge in [0.15, 0.2) is 11.6 Å². The first kappa shape index (κ1) is 23.1. The number of methoxy groups -OCH3 is 1. The summed E-state index contributed by atoms with van der Waals surface area (Å²) in [5.74, 6) is 2.66. The minimum absolute atomic E-state index is 0.197. The molecule has 4 aromatic heterocycles. The number of nitrogens with one attached hydrogen (secondary N) is 1. The highest BCUT2D eigenvalue weighted by atomic mass is 16.5. The molecule has 0 saturated carbocycles. The van der Waals surface area contributed by atoms with Crippen LogP contribution in [0.15, 0.2) is 42.9 Å². The lowest BCUT2D eigenvalue weighted by Crippen LogP contribution is -2.53. The fourth-order valence-electron chi connectivity index (χ4n) is 4.04. The molecule has 0 spiro atoms. The third kappa shape index (κ3) is 5.08. The second-order valence-corrected chi connectivity index (χ2v) is 9.04. The highest BCUT2D eigenvalue weighted by Crippen LogP contribution is 2.33. The van der Waals surface area contributed by atoms with E-state index in [4.69, 9.17) is 19.6 Å². The fourth-order valence-corrected chi connectivity index (χ4v) is 4.04. The quantitative estimate of drug-likeness (QED) is 0.365. The Morgan fingerprint density at radius 2 is 1.94 bits per heavy atom. The molecular weight excluding hydrogens is 444 g/mol. The third-order valence-electron chi connectivity index (χ3n) is 6.04. The van der Waals surface area contributed by atoms with Gasteiger partial charge >= 0.3 is 0 Å². The maximum atomic E-state index is 5.82. The molecule has 0 radical (unpaired) electrons. The van der Waals surface area contributed by atoms with Gasteiger partial charge in [-0.15, -0.1) is 5.10 Å². The van der Waals surface area contributed by atoms with E-state index in [1.165, 1.54) is 0 Å². The Balaban J connectivity index is 1.37. The average molecular weight is 475 g/mol. The lowest BCUT2D eigenvalue weighted by atomic mass is 10.1. The van der Waals surface area contributed by atoms with E-state index in [2.05, 4.69) is 45.3 Å². The Bertz CT molecular complexity index is 1320. The maximum Gasteiger partial charge on any atom is 0.158 e. The van der Waals surface area contributed by atoms with Crippen LogP contribution in [0.5, 0.6) is 0 Å². The van der Waals surface area contributed by atoms with Crippen molar-refractivity contribution in [2.45, 2.75) is 25.9 Å². The summed E-state index contributed by atoms with van der Waals surface area (Å²) in [4.78, 5) is 11.7. The summed E-state index contributed by atoms with van der Waals surface area (Å²) in [5.41, 5.74) is 4.72. The molecule has 0 amide bonds. The van der Waals surface area contributed by atoms with Crippen LogP contribution in [0.4, 0.5) is 17.5 Å². The van der Waals surface area contributed by atoms with Crippen molar-refractivity contribution in [1.82, 2.24) is 29.9 Å². The number of anilines is 3. The first-order chi connectivity index (χ1) is 17.0. The molecule has 10 heteroatoms. The van der Waals surface area contributed by atoms with Gasteiger partial charge in [0.25, 0.3) is 0 Å². The van der Waals surface area contributed by atoms with Crippen molar-refractivity contribution < 1.29 is 9.47 Å². The van der Waals surface area contributed by atoms with Crippen LogP contribution in [0.3, 0.4) is 0 Å². The van der Waals surface area contributed by atoms with Crippen molar-refractivity contribution in [2.75, 3.05) is 43.6 Å². The first-order valence-corrected chi connectivity index (χ1v) is 11.8. The molecule has 5 rings (SSSR count). The largest absolute Gasteiger partial charge is 0.382 e. The number of aryl methyl sites for hydroxylation is 1. The molecule has 0 atom stereocenters. The molecule has 1 saturated heterocycles. The van der Waals surface area contributed by atoms with Crippen molar-refractivity contribution in [3.8, 4) is 11.1 Å². The van der Waals surface area contributed by atoms with E-state index >= 15 is 0 Å². The molecule has 1 aliphatic heterocycles. The molecular formula is C25H30N8O2. The van der Waals surface area contributed by atoms with Crippen LogP contribution in [0.2, 0.25) is 0 Å². The van der Waals surface area contributed by atoms with Crippen LogP contribution in [0, 0.1) is 0 Å². The van der Waals surface area contributed by atoms with Gasteiger partial charge in [-0.1, -0.05) is 13.8 Å². The van der Waals surface area contributed by atoms with Gasteiger partial charge in [0.1, 0.15) is 5.82 Å². The Kier molecular flexibility index (Phi) is 6.56. The number of ether oxygens (including phenoxy) is 2. The minimum Gasteiger partial charge on any atom is -0.382 e. The Morgan fingerprint density at radius 3 is 2.74 bits per heavy atom. The molecule has 4 aromatic rings. The average Bonchev–Trinajstić information content (AvgIpc) is 3.21. The van der Waals surface area contributed by atoms with Crippen LogP contribution < -0.4 is 10.2 Å². The summed E-state index contributed by atoms with van der Waals surface area (Å²) in [5, 5.41) is 16.3. The number of rotatable bonds is 9. The van der Waals surface area contributed by atoms with Gasteiger partial charge in [-0.2, -0.15) is 10.2 Å². The SMILES string of the molecule is COCCOC1CN(c2nn(C)cc2-c2cnc3ccc(Nc4cc(C(C)C)cnn4)nc3c2)C1. The van der Waals surface area contributed by atoms with Crippen molar-refractivity contribution in [2.24, 2.45) is 7.05 Å². The zero-order chi connectivity index (χ0) is 24.4. The number of nitrogens with zero attached hydrogens (tertiary/aromatic N) is 7. The summed E-state index contributed by atoms with van der Waals surface area (Å²) in [7, 11) is 3.61. The smallest absolute Gasteiger partial charge is 0.158 e. The molecule has 5 heterocycles. The van der Waals surface area contributed by atoms with E-state index in [1.807, 2.05) is 42.3 Å². The van der Waals surface area contributed by atoms with Crippen LogP contribution >= 0.6 is 0 Å². The van der Waals surface area contributed by atoms with Crippen molar-refractivity contribution in [3.63, 3.8) is 0 Å². The number of hydrogen-bond acceptors (Lipinski definition) is 9. The van der Waals surface area contributed by atoms with Gasteiger partial charge in [-0.3, -0.25) is 9.67 Å². The van der Waals surface area contributed by atoms with Gasteiger partial charge in [-0.25, -0.2) is 4.98 Å². The van der Waals surface area contributed by atoms with E-state index in [9.17, 15) is 0 Å². The second-order valence-electron chi connectivity index (χ2n) is 9.04. The molecule has 1 N–H and O–H groups in total. The van der Waals surface area contributed by atoms with E-state index in [0.717, 1.165) is 46.6 Å². The topological polar surface area (TPSA) is 103 Å². The normalized spacial score (nSPS) is 14.0. The number of aromatic nitrogens is 6. The summed E-state index contributed by atoms with van der Waals surface area (Å²) in [6.45, 7) is 7.07. The third-order valence-corrected chi connectivity index (χ3v) is 6.04. The van der Waals surface area contributed by atoms with Crippen LogP contribution in [0.25, 0.3) is 22.2 Å². The maximum absolute atomic E-state index is 5.82. The van der Waals surface area contributed by atoms with Crippen molar-refractivity contribution >= 4 is 28.5 Å². The van der Waals surface area contributed by atoms with Crippen LogP contribution in [0.1, 0.15) is 25.3 Å². The molecule has 0 bridgehead atoms. The van der Waals surface area contributed by atoms with Crippen LogP contribution in [-0.2, 0) is 16.5 Å². The van der Waals surface area contributed by atoms with Gasteiger partial charge < -0.3 is 19.7 Å². The predicted molar refractivity (Wildman–Crippen MR) is 135 cm³/mol. The Morgan fingerprint density at radius 1 is 1.09 bits per heavy atom. The monoisotopic (exact) mass is 474 g/mol. The standard InChI is InChI=1S/C25H30N8O2/c1-16(2)17-10-24(30-27-12-17)29-23-6-5-21-22(28-23)9-18(11-26-21)20-15-32(3)31-25(20)33-13-19(14-33)35-8-7-34-4/h5-6,9-12,15-16,19H,7-8,13-14H2,1-4H3,(H,28,29,30). The number of hydrogen-bond donors (Lipinski definition) is 1. The summed E-state index contributed by atoms with van der Waals surface area (Å²) in [6.07, 6.45) is 5.88. The van der Waals surface area contributed by atoms with Gasteiger partial charge in [0.2, 0.25) is 0 Å². The minimum atomic E-state index is 0.197. The molecule has 0 aromatic carbocycles.